The van der Waals surface area contributed by atoms with Crippen LogP contribution >= 0.6 is 11.8 Å². The minimum Gasteiger partial charge on any atom is -0.494 e. The number of para-hydroxylation sites is 1. The molecule has 0 aliphatic heterocycles. The summed E-state index contributed by atoms with van der Waals surface area (Å²) in [7, 11) is 2.00. The Labute approximate surface area is 131 Å². The maximum atomic E-state index is 5.74. The molecule has 0 aliphatic rings. The van der Waals surface area contributed by atoms with E-state index in [-0.39, 0.29) is 6.04 Å². The molecule has 0 saturated carbocycles. The highest BCUT2D eigenvalue weighted by atomic mass is 32.2. The highest BCUT2D eigenvalue weighted by Crippen LogP contribution is 2.30. The molecule has 3 heteroatoms. The van der Waals surface area contributed by atoms with Gasteiger partial charge in [0.1, 0.15) is 5.75 Å². The lowest BCUT2D eigenvalue weighted by Crippen LogP contribution is -2.19. The number of nitrogens with one attached hydrogen (secondary N) is 1. The normalized spacial score (nSPS) is 12.1. The Morgan fingerprint density at radius 3 is 2.48 bits per heavy atom. The molecule has 2 nitrogen and oxygen atoms in total. The van der Waals surface area contributed by atoms with Crippen molar-refractivity contribution < 1.29 is 4.74 Å². The number of benzene rings is 2. The van der Waals surface area contributed by atoms with E-state index in [2.05, 4.69) is 48.6 Å². The largest absolute Gasteiger partial charge is 0.494 e. The first-order valence-electron chi connectivity index (χ1n) is 7.33. The molecular formula is C18H23NOS. The summed E-state index contributed by atoms with van der Waals surface area (Å²) in [5.41, 5.74) is 2.52. The van der Waals surface area contributed by atoms with Crippen molar-refractivity contribution in [1.82, 2.24) is 5.32 Å². The average Bonchev–Trinajstić information content (AvgIpc) is 2.51. The second-order valence-corrected chi connectivity index (χ2v) is 6.03. The van der Waals surface area contributed by atoms with Crippen molar-refractivity contribution in [1.29, 1.82) is 0 Å². The second-order valence-electron chi connectivity index (χ2n) is 4.94. The molecule has 2 aromatic carbocycles. The van der Waals surface area contributed by atoms with Crippen LogP contribution in [-0.4, -0.2) is 19.4 Å². The highest BCUT2D eigenvalue weighted by molar-refractivity contribution is 7.99. The van der Waals surface area contributed by atoms with Crippen molar-refractivity contribution >= 4 is 11.8 Å². The molecule has 112 valence electrons. The Morgan fingerprint density at radius 1 is 1.10 bits per heavy atom. The number of ether oxygens (including phenoxy) is 1. The summed E-state index contributed by atoms with van der Waals surface area (Å²) in [6.45, 7) is 4.83. The van der Waals surface area contributed by atoms with Crippen LogP contribution in [0.2, 0.25) is 0 Å². The summed E-state index contributed by atoms with van der Waals surface area (Å²) in [4.78, 5) is 1.30. The van der Waals surface area contributed by atoms with Gasteiger partial charge in [-0.25, -0.2) is 0 Å². The van der Waals surface area contributed by atoms with Crippen molar-refractivity contribution in [3.05, 3.63) is 59.7 Å². The van der Waals surface area contributed by atoms with Gasteiger partial charge in [0.05, 0.1) is 6.61 Å². The predicted molar refractivity (Wildman–Crippen MR) is 91.3 cm³/mol. The number of aryl methyl sites for hydroxylation is 1. The van der Waals surface area contributed by atoms with Crippen LogP contribution in [0.4, 0.5) is 0 Å². The zero-order valence-corrected chi connectivity index (χ0v) is 13.7. The van der Waals surface area contributed by atoms with E-state index < -0.39 is 0 Å². The summed E-state index contributed by atoms with van der Waals surface area (Å²) < 4.78 is 5.74. The molecule has 1 unspecified atom stereocenters. The molecule has 0 amide bonds. The third kappa shape index (κ3) is 4.51. The van der Waals surface area contributed by atoms with Gasteiger partial charge in [0.15, 0.2) is 0 Å². The number of hydrogen-bond acceptors (Lipinski definition) is 3. The van der Waals surface area contributed by atoms with E-state index in [9.17, 15) is 0 Å². The van der Waals surface area contributed by atoms with Crippen molar-refractivity contribution in [3.63, 3.8) is 0 Å². The van der Waals surface area contributed by atoms with Gasteiger partial charge in [-0.05, 0) is 39.1 Å². The van der Waals surface area contributed by atoms with E-state index in [1.165, 1.54) is 16.0 Å². The molecule has 1 atom stereocenters. The van der Waals surface area contributed by atoms with Gasteiger partial charge in [0, 0.05) is 22.3 Å². The van der Waals surface area contributed by atoms with Crippen LogP contribution < -0.4 is 10.1 Å². The molecule has 0 heterocycles. The summed E-state index contributed by atoms with van der Waals surface area (Å²) in [6.07, 6.45) is 0. The quantitative estimate of drug-likeness (QED) is 0.764. The van der Waals surface area contributed by atoms with Crippen LogP contribution in [0.3, 0.4) is 0 Å². The Bertz CT molecular complexity index is 553. The first kappa shape index (κ1) is 15.9. The van der Waals surface area contributed by atoms with Gasteiger partial charge >= 0.3 is 0 Å². The fourth-order valence-corrected chi connectivity index (χ4v) is 3.23. The molecule has 1 N–H and O–H groups in total. The molecule has 0 bridgehead atoms. The van der Waals surface area contributed by atoms with E-state index in [0.717, 1.165) is 11.5 Å². The van der Waals surface area contributed by atoms with Crippen LogP contribution in [-0.2, 0) is 0 Å². The molecule has 0 saturated heterocycles. The van der Waals surface area contributed by atoms with E-state index in [1.54, 1.807) is 0 Å². The van der Waals surface area contributed by atoms with Gasteiger partial charge in [-0.3, -0.25) is 0 Å². The van der Waals surface area contributed by atoms with Gasteiger partial charge in [-0.15, -0.1) is 11.8 Å². The summed E-state index contributed by atoms with van der Waals surface area (Å²) in [5.74, 6) is 1.95. The zero-order chi connectivity index (χ0) is 15.1. The first-order chi connectivity index (χ1) is 10.2. The van der Waals surface area contributed by atoms with Crippen LogP contribution in [0.25, 0.3) is 0 Å². The highest BCUT2D eigenvalue weighted by Gasteiger charge is 2.14. The smallest absolute Gasteiger partial charge is 0.124 e. The Hall–Kier alpha value is -1.45. The van der Waals surface area contributed by atoms with Crippen LogP contribution in [0.15, 0.2) is 53.4 Å². The molecule has 0 aliphatic carbocycles. The Morgan fingerprint density at radius 2 is 1.81 bits per heavy atom. The topological polar surface area (TPSA) is 21.3 Å². The molecule has 2 aromatic rings. The molecule has 0 fully saturated rings. The van der Waals surface area contributed by atoms with Crippen LogP contribution in [0.5, 0.6) is 5.75 Å². The second kappa shape index (κ2) is 8.11. The minimum absolute atomic E-state index is 0.277. The monoisotopic (exact) mass is 301 g/mol. The molecule has 0 aromatic heterocycles. The lowest BCUT2D eigenvalue weighted by atomic mass is 10.1. The third-order valence-electron chi connectivity index (χ3n) is 3.38. The third-order valence-corrected chi connectivity index (χ3v) is 4.49. The van der Waals surface area contributed by atoms with Crippen molar-refractivity contribution in [2.75, 3.05) is 19.4 Å². The maximum absolute atomic E-state index is 5.74. The average molecular weight is 301 g/mol. The fourth-order valence-electron chi connectivity index (χ4n) is 2.20. The van der Waals surface area contributed by atoms with E-state index in [4.69, 9.17) is 4.74 Å². The minimum atomic E-state index is 0.277. The molecule has 21 heavy (non-hydrogen) atoms. The fraction of sp³-hybridized carbons (Fsp3) is 0.333. The molecule has 0 radical (unpaired) electrons. The van der Waals surface area contributed by atoms with Crippen molar-refractivity contribution in [2.24, 2.45) is 0 Å². The molecule has 0 spiro atoms. The zero-order valence-electron chi connectivity index (χ0n) is 12.9. The molecular weight excluding hydrogens is 278 g/mol. The first-order valence-corrected chi connectivity index (χ1v) is 8.31. The van der Waals surface area contributed by atoms with Gasteiger partial charge in [0.25, 0.3) is 0 Å². The summed E-state index contributed by atoms with van der Waals surface area (Å²) in [6, 6.07) is 17.2. The van der Waals surface area contributed by atoms with E-state index in [1.807, 2.05) is 37.9 Å². The predicted octanol–water partition coefficient (Wildman–Crippen LogP) is 4.45. The Kier molecular flexibility index (Phi) is 6.15. The van der Waals surface area contributed by atoms with Gasteiger partial charge in [-0.2, -0.15) is 0 Å². The van der Waals surface area contributed by atoms with Gasteiger partial charge in [0.2, 0.25) is 0 Å². The van der Waals surface area contributed by atoms with E-state index in [0.29, 0.717) is 6.61 Å². The number of hydrogen-bond donors (Lipinski definition) is 1. The standard InChI is InChI=1S/C18H23NOS/c1-4-20-18-8-6-5-7-16(18)17(19-3)13-21-15-11-9-14(2)10-12-15/h5-12,17,19H,4,13H2,1-3H3. The number of rotatable bonds is 7. The lowest BCUT2D eigenvalue weighted by molar-refractivity contribution is 0.333. The van der Waals surface area contributed by atoms with Gasteiger partial charge < -0.3 is 10.1 Å². The Balaban J connectivity index is 2.07. The van der Waals surface area contributed by atoms with Crippen LogP contribution in [0.1, 0.15) is 24.1 Å². The number of thioether (sulfide) groups is 1. The van der Waals surface area contributed by atoms with Gasteiger partial charge in [-0.1, -0.05) is 35.9 Å². The van der Waals surface area contributed by atoms with Crippen molar-refractivity contribution in [2.45, 2.75) is 24.8 Å². The van der Waals surface area contributed by atoms with E-state index >= 15 is 0 Å². The summed E-state index contributed by atoms with van der Waals surface area (Å²) >= 11 is 1.87. The lowest BCUT2D eigenvalue weighted by Gasteiger charge is -2.19. The van der Waals surface area contributed by atoms with Crippen molar-refractivity contribution in [3.8, 4) is 5.75 Å². The molecule has 2 rings (SSSR count). The summed E-state index contributed by atoms with van der Waals surface area (Å²) in [5, 5.41) is 3.40. The van der Waals surface area contributed by atoms with Crippen LogP contribution in [0, 0.1) is 6.92 Å². The SMILES string of the molecule is CCOc1ccccc1C(CSc1ccc(C)cc1)NC. The maximum Gasteiger partial charge on any atom is 0.124 e.